The second-order valence-electron chi connectivity index (χ2n) is 3.82. The average Bonchev–Trinajstić information content (AvgIpc) is 2.98. The van der Waals surface area contributed by atoms with Gasteiger partial charge >= 0.3 is 0 Å². The highest BCUT2D eigenvalue weighted by molar-refractivity contribution is 6.18. The zero-order valence-electron chi connectivity index (χ0n) is 7.76. The van der Waals surface area contributed by atoms with Crippen molar-refractivity contribution in [1.29, 1.82) is 0 Å². The van der Waals surface area contributed by atoms with Crippen LogP contribution in [0.5, 0.6) is 0 Å². The van der Waals surface area contributed by atoms with Gasteiger partial charge < -0.3 is 5.32 Å². The molecule has 1 fully saturated rings. The molecule has 1 aromatic heterocycles. The summed E-state index contributed by atoms with van der Waals surface area (Å²) in [6, 6.07) is 2.98. The normalized spacial score (nSPS) is 17.9. The van der Waals surface area contributed by atoms with E-state index in [1.807, 2.05) is 0 Å². The number of nitrogens with one attached hydrogen (secondary N) is 1. The summed E-state index contributed by atoms with van der Waals surface area (Å²) in [5.41, 5.74) is 0.186. The minimum Gasteiger partial charge on any atom is -0.367 e. The number of hydrogen-bond donors (Lipinski definition) is 1. The number of hydrogen-bond acceptors (Lipinski definition) is 2. The van der Waals surface area contributed by atoms with Crippen molar-refractivity contribution < 1.29 is 4.39 Å². The number of aromatic nitrogens is 1. The fourth-order valence-corrected chi connectivity index (χ4v) is 1.68. The molecule has 0 radical (unpaired) electrons. The summed E-state index contributed by atoms with van der Waals surface area (Å²) in [7, 11) is 0. The van der Waals surface area contributed by atoms with Crippen LogP contribution in [-0.4, -0.2) is 17.4 Å². The maximum atomic E-state index is 13.1. The van der Waals surface area contributed by atoms with Crippen LogP contribution in [0, 0.1) is 11.2 Å². The molecule has 4 heteroatoms. The molecule has 0 atom stereocenters. The molecular weight excluding hydrogens is 203 g/mol. The number of rotatable bonds is 4. The lowest BCUT2D eigenvalue weighted by molar-refractivity contribution is 0.597. The second kappa shape index (κ2) is 3.73. The Morgan fingerprint density at radius 3 is 2.93 bits per heavy atom. The molecule has 1 aromatic rings. The minimum atomic E-state index is -0.308. The van der Waals surface area contributed by atoms with Gasteiger partial charge in [0.05, 0.1) is 0 Å². The Kier molecular flexibility index (Phi) is 2.59. The summed E-state index contributed by atoms with van der Waals surface area (Å²) in [6.45, 7) is 0.713. The quantitative estimate of drug-likeness (QED) is 0.780. The fourth-order valence-electron chi connectivity index (χ4n) is 1.32. The largest absolute Gasteiger partial charge is 0.367 e. The zero-order chi connectivity index (χ0) is 10.0. The van der Waals surface area contributed by atoms with Crippen molar-refractivity contribution in [2.24, 2.45) is 5.41 Å². The van der Waals surface area contributed by atoms with E-state index in [1.165, 1.54) is 6.07 Å². The molecule has 1 aliphatic carbocycles. The number of anilines is 1. The molecule has 0 bridgehead atoms. The van der Waals surface area contributed by atoms with E-state index in [1.54, 1.807) is 12.3 Å². The third-order valence-electron chi connectivity index (χ3n) is 2.63. The minimum absolute atomic E-state index is 0.186. The lowest BCUT2D eigenvalue weighted by atomic mass is 10.1. The van der Waals surface area contributed by atoms with Crippen LogP contribution in [0.3, 0.4) is 0 Å². The molecule has 2 rings (SSSR count). The van der Waals surface area contributed by atoms with Crippen LogP contribution in [0.25, 0.3) is 0 Å². The molecular formula is C10H12ClFN2. The van der Waals surface area contributed by atoms with Gasteiger partial charge in [0, 0.05) is 24.0 Å². The smallest absolute Gasteiger partial charge is 0.165 e. The van der Waals surface area contributed by atoms with Gasteiger partial charge in [0.2, 0.25) is 0 Å². The molecule has 0 aromatic carbocycles. The van der Waals surface area contributed by atoms with Gasteiger partial charge in [0.25, 0.3) is 0 Å². The van der Waals surface area contributed by atoms with Crippen molar-refractivity contribution in [2.45, 2.75) is 12.8 Å². The van der Waals surface area contributed by atoms with Crippen LogP contribution in [0.4, 0.5) is 10.2 Å². The van der Waals surface area contributed by atoms with Gasteiger partial charge in [-0.25, -0.2) is 9.37 Å². The second-order valence-corrected chi connectivity index (χ2v) is 4.09. The maximum Gasteiger partial charge on any atom is 0.165 e. The van der Waals surface area contributed by atoms with Gasteiger partial charge in [-0.15, -0.1) is 11.6 Å². The van der Waals surface area contributed by atoms with E-state index in [0.717, 1.165) is 12.8 Å². The SMILES string of the molecule is Fc1cccnc1NCC1(CCl)CC1. The van der Waals surface area contributed by atoms with E-state index in [9.17, 15) is 4.39 Å². The Morgan fingerprint density at radius 1 is 1.57 bits per heavy atom. The summed E-state index contributed by atoms with van der Waals surface area (Å²) in [5, 5.41) is 3.00. The van der Waals surface area contributed by atoms with E-state index in [-0.39, 0.29) is 11.2 Å². The van der Waals surface area contributed by atoms with Gasteiger partial charge in [0.1, 0.15) is 0 Å². The lowest BCUT2D eigenvalue weighted by Gasteiger charge is -2.12. The van der Waals surface area contributed by atoms with Crippen LogP contribution in [0.15, 0.2) is 18.3 Å². The van der Waals surface area contributed by atoms with E-state index in [4.69, 9.17) is 11.6 Å². The highest BCUT2D eigenvalue weighted by Gasteiger charge is 2.41. The predicted octanol–water partition coefficient (Wildman–Crippen LogP) is 2.65. The molecule has 1 saturated carbocycles. The zero-order valence-corrected chi connectivity index (χ0v) is 8.52. The summed E-state index contributed by atoms with van der Waals surface area (Å²) in [6.07, 6.45) is 3.82. The standard InChI is InChI=1S/C10H12ClFN2/c11-6-10(3-4-10)7-14-9-8(12)2-1-5-13-9/h1-2,5H,3-4,6-7H2,(H,13,14). The average molecular weight is 215 g/mol. The maximum absolute atomic E-state index is 13.1. The third-order valence-corrected chi connectivity index (χ3v) is 3.20. The Morgan fingerprint density at radius 2 is 2.36 bits per heavy atom. The molecule has 0 amide bonds. The van der Waals surface area contributed by atoms with E-state index in [0.29, 0.717) is 18.2 Å². The van der Waals surface area contributed by atoms with Crippen LogP contribution in [-0.2, 0) is 0 Å². The van der Waals surface area contributed by atoms with Crippen LogP contribution in [0.1, 0.15) is 12.8 Å². The third kappa shape index (κ3) is 1.98. The summed E-state index contributed by atoms with van der Waals surface area (Å²) in [5.74, 6) is 0.649. The monoisotopic (exact) mass is 214 g/mol. The van der Waals surface area contributed by atoms with Crippen LogP contribution in [0.2, 0.25) is 0 Å². The first-order valence-corrected chi connectivity index (χ1v) is 5.20. The first-order chi connectivity index (χ1) is 6.76. The first kappa shape index (κ1) is 9.71. The summed E-state index contributed by atoms with van der Waals surface area (Å²) < 4.78 is 13.1. The topological polar surface area (TPSA) is 24.9 Å². The Bertz CT molecular complexity index is 326. The number of nitrogens with zero attached hydrogens (tertiary/aromatic N) is 1. The van der Waals surface area contributed by atoms with Gasteiger partial charge in [0.15, 0.2) is 11.6 Å². The molecule has 0 aliphatic heterocycles. The molecule has 0 unspecified atom stereocenters. The predicted molar refractivity (Wildman–Crippen MR) is 55.1 cm³/mol. The van der Waals surface area contributed by atoms with Crippen LogP contribution < -0.4 is 5.32 Å². The first-order valence-electron chi connectivity index (χ1n) is 4.66. The summed E-state index contributed by atoms with van der Waals surface area (Å²) >= 11 is 5.81. The lowest BCUT2D eigenvalue weighted by Crippen LogP contribution is -2.18. The van der Waals surface area contributed by atoms with Gasteiger partial charge in [-0.2, -0.15) is 0 Å². The van der Waals surface area contributed by atoms with E-state index < -0.39 is 0 Å². The summed E-state index contributed by atoms with van der Waals surface area (Å²) in [4.78, 5) is 3.91. The van der Waals surface area contributed by atoms with Crippen molar-refractivity contribution >= 4 is 17.4 Å². The van der Waals surface area contributed by atoms with Crippen molar-refractivity contribution in [3.8, 4) is 0 Å². The highest BCUT2D eigenvalue weighted by Crippen LogP contribution is 2.46. The number of halogens is 2. The number of alkyl halides is 1. The van der Waals surface area contributed by atoms with Crippen molar-refractivity contribution in [3.63, 3.8) is 0 Å². The number of pyridine rings is 1. The molecule has 14 heavy (non-hydrogen) atoms. The van der Waals surface area contributed by atoms with Crippen molar-refractivity contribution in [2.75, 3.05) is 17.7 Å². The Balaban J connectivity index is 1.95. The fraction of sp³-hybridized carbons (Fsp3) is 0.500. The molecule has 0 saturated heterocycles. The molecule has 0 spiro atoms. The van der Waals surface area contributed by atoms with Crippen LogP contribution >= 0.6 is 11.6 Å². The molecule has 1 N–H and O–H groups in total. The van der Waals surface area contributed by atoms with E-state index >= 15 is 0 Å². The Hall–Kier alpha value is -0.830. The molecule has 1 heterocycles. The molecule has 2 nitrogen and oxygen atoms in total. The highest BCUT2D eigenvalue weighted by atomic mass is 35.5. The van der Waals surface area contributed by atoms with Gasteiger partial charge in [-0.05, 0) is 25.0 Å². The molecule has 1 aliphatic rings. The van der Waals surface area contributed by atoms with Gasteiger partial charge in [-0.3, -0.25) is 0 Å². The molecule has 76 valence electrons. The van der Waals surface area contributed by atoms with Crippen molar-refractivity contribution in [3.05, 3.63) is 24.1 Å². The Labute approximate surface area is 87.5 Å². The van der Waals surface area contributed by atoms with E-state index in [2.05, 4.69) is 10.3 Å². The van der Waals surface area contributed by atoms with Crippen molar-refractivity contribution in [1.82, 2.24) is 4.98 Å². The van der Waals surface area contributed by atoms with Gasteiger partial charge in [-0.1, -0.05) is 0 Å².